The molecule has 0 amide bonds. The van der Waals surface area contributed by atoms with E-state index in [1.807, 2.05) is 19.1 Å². The van der Waals surface area contributed by atoms with E-state index in [1.54, 1.807) is 6.07 Å². The minimum atomic E-state index is -0.0823. The van der Waals surface area contributed by atoms with Crippen LogP contribution in [0.15, 0.2) is 18.2 Å². The number of nitrogens with one attached hydrogen (secondary N) is 1. The summed E-state index contributed by atoms with van der Waals surface area (Å²) in [5.74, 6) is 0.721. The van der Waals surface area contributed by atoms with Crippen molar-refractivity contribution in [3.63, 3.8) is 0 Å². The maximum Gasteiger partial charge on any atom is 0.127 e. The highest BCUT2D eigenvalue weighted by molar-refractivity contribution is 5.23. The first-order valence-corrected chi connectivity index (χ1v) is 6.71. The normalized spacial score (nSPS) is 17.3. The largest absolute Gasteiger partial charge is 0.312 e. The second kappa shape index (κ2) is 6.15. The maximum absolute atomic E-state index is 13.6. The third-order valence-electron chi connectivity index (χ3n) is 3.68. The summed E-state index contributed by atoms with van der Waals surface area (Å²) >= 11 is 0. The van der Waals surface area contributed by atoms with Crippen LogP contribution in [-0.4, -0.2) is 6.54 Å². The number of rotatable bonds is 4. The molecule has 1 aliphatic rings. The van der Waals surface area contributed by atoms with E-state index in [4.69, 9.17) is 0 Å². The van der Waals surface area contributed by atoms with Gasteiger partial charge in [-0.2, -0.15) is 0 Å². The summed E-state index contributed by atoms with van der Waals surface area (Å²) in [6, 6.07) is 5.47. The quantitative estimate of drug-likeness (QED) is 0.837. The summed E-state index contributed by atoms with van der Waals surface area (Å²) in [6.45, 7) is 3.61. The summed E-state index contributed by atoms with van der Waals surface area (Å²) in [5.41, 5.74) is 1.77. The highest BCUT2D eigenvalue weighted by atomic mass is 19.1. The van der Waals surface area contributed by atoms with Gasteiger partial charge in [0.2, 0.25) is 0 Å². The summed E-state index contributed by atoms with van der Waals surface area (Å²) < 4.78 is 13.6. The standard InChI is InChI=1S/C15H22FN/c1-12-7-8-14(15(16)9-12)11-17-10-13-5-3-2-4-6-13/h7-9,13,17H,2-6,10-11H2,1H3. The molecule has 0 radical (unpaired) electrons. The summed E-state index contributed by atoms with van der Waals surface area (Å²) in [4.78, 5) is 0. The lowest BCUT2D eigenvalue weighted by molar-refractivity contribution is 0.341. The third-order valence-corrected chi connectivity index (χ3v) is 3.68. The van der Waals surface area contributed by atoms with Gasteiger partial charge in [-0.15, -0.1) is 0 Å². The van der Waals surface area contributed by atoms with Crippen molar-refractivity contribution in [3.8, 4) is 0 Å². The van der Waals surface area contributed by atoms with Crippen LogP contribution in [-0.2, 0) is 6.54 Å². The molecule has 0 atom stereocenters. The van der Waals surface area contributed by atoms with E-state index in [0.717, 1.165) is 23.6 Å². The van der Waals surface area contributed by atoms with Gasteiger partial charge < -0.3 is 5.32 Å². The topological polar surface area (TPSA) is 12.0 Å². The minimum absolute atomic E-state index is 0.0823. The first-order chi connectivity index (χ1) is 8.25. The number of aryl methyl sites for hydroxylation is 1. The fraction of sp³-hybridized carbons (Fsp3) is 0.600. The summed E-state index contributed by atoms with van der Waals surface area (Å²) in [7, 11) is 0. The van der Waals surface area contributed by atoms with E-state index < -0.39 is 0 Å². The molecule has 17 heavy (non-hydrogen) atoms. The molecule has 0 spiro atoms. The Morgan fingerprint density at radius 2 is 2.00 bits per heavy atom. The molecular weight excluding hydrogens is 213 g/mol. The molecule has 1 aromatic rings. The average molecular weight is 235 g/mol. The fourth-order valence-corrected chi connectivity index (χ4v) is 2.60. The number of halogens is 1. The van der Waals surface area contributed by atoms with E-state index in [2.05, 4.69) is 5.32 Å². The van der Waals surface area contributed by atoms with E-state index >= 15 is 0 Å². The molecule has 0 bridgehead atoms. The zero-order chi connectivity index (χ0) is 12.1. The molecule has 94 valence electrons. The van der Waals surface area contributed by atoms with Crippen molar-refractivity contribution in [1.29, 1.82) is 0 Å². The van der Waals surface area contributed by atoms with Gasteiger partial charge in [0.25, 0.3) is 0 Å². The zero-order valence-corrected chi connectivity index (χ0v) is 10.6. The Kier molecular flexibility index (Phi) is 4.55. The highest BCUT2D eigenvalue weighted by Crippen LogP contribution is 2.22. The monoisotopic (exact) mass is 235 g/mol. The number of hydrogen-bond donors (Lipinski definition) is 1. The number of benzene rings is 1. The van der Waals surface area contributed by atoms with E-state index in [-0.39, 0.29) is 5.82 Å². The van der Waals surface area contributed by atoms with Crippen molar-refractivity contribution in [3.05, 3.63) is 35.1 Å². The Hall–Kier alpha value is -0.890. The van der Waals surface area contributed by atoms with Gasteiger partial charge in [0, 0.05) is 12.1 Å². The van der Waals surface area contributed by atoms with Crippen molar-refractivity contribution in [2.24, 2.45) is 5.92 Å². The van der Waals surface area contributed by atoms with Gasteiger partial charge in [0.15, 0.2) is 0 Å². The van der Waals surface area contributed by atoms with Gasteiger partial charge in [0.1, 0.15) is 5.82 Å². The molecule has 1 fully saturated rings. The first kappa shape index (κ1) is 12.6. The van der Waals surface area contributed by atoms with Crippen molar-refractivity contribution in [1.82, 2.24) is 5.32 Å². The third kappa shape index (κ3) is 3.81. The van der Waals surface area contributed by atoms with Crippen LogP contribution in [0.3, 0.4) is 0 Å². The van der Waals surface area contributed by atoms with Gasteiger partial charge in [-0.1, -0.05) is 31.4 Å². The van der Waals surface area contributed by atoms with Crippen LogP contribution in [0, 0.1) is 18.7 Å². The predicted molar refractivity (Wildman–Crippen MR) is 69.4 cm³/mol. The molecule has 1 aliphatic carbocycles. The Labute approximate surface area is 103 Å². The lowest BCUT2D eigenvalue weighted by Gasteiger charge is -2.21. The van der Waals surface area contributed by atoms with E-state index in [1.165, 1.54) is 32.1 Å². The van der Waals surface area contributed by atoms with Crippen molar-refractivity contribution in [2.45, 2.75) is 45.6 Å². The maximum atomic E-state index is 13.6. The molecule has 1 nitrogen and oxygen atoms in total. The second-order valence-corrected chi connectivity index (χ2v) is 5.23. The van der Waals surface area contributed by atoms with Crippen molar-refractivity contribution in [2.75, 3.05) is 6.54 Å². The lowest BCUT2D eigenvalue weighted by atomic mass is 9.89. The molecule has 0 unspecified atom stereocenters. The Bertz CT molecular complexity index is 356. The van der Waals surface area contributed by atoms with Crippen LogP contribution >= 0.6 is 0 Å². The van der Waals surface area contributed by atoms with Gasteiger partial charge >= 0.3 is 0 Å². The lowest BCUT2D eigenvalue weighted by Crippen LogP contribution is -2.24. The van der Waals surface area contributed by atoms with Crippen LogP contribution in [0.5, 0.6) is 0 Å². The van der Waals surface area contributed by atoms with Crippen molar-refractivity contribution < 1.29 is 4.39 Å². The average Bonchev–Trinajstić information content (AvgIpc) is 2.33. The molecule has 0 aromatic heterocycles. The van der Waals surface area contributed by atoms with Gasteiger partial charge in [0.05, 0.1) is 0 Å². The van der Waals surface area contributed by atoms with Crippen LogP contribution in [0.25, 0.3) is 0 Å². The second-order valence-electron chi connectivity index (χ2n) is 5.23. The molecule has 1 N–H and O–H groups in total. The molecule has 2 rings (SSSR count). The number of hydrogen-bond acceptors (Lipinski definition) is 1. The van der Waals surface area contributed by atoms with Gasteiger partial charge in [-0.25, -0.2) is 4.39 Å². The molecule has 0 aliphatic heterocycles. The minimum Gasteiger partial charge on any atom is -0.312 e. The van der Waals surface area contributed by atoms with Crippen LogP contribution in [0.4, 0.5) is 4.39 Å². The highest BCUT2D eigenvalue weighted by Gasteiger charge is 2.12. The van der Waals surface area contributed by atoms with Crippen LogP contribution < -0.4 is 5.32 Å². The molecule has 2 heteroatoms. The van der Waals surface area contributed by atoms with Crippen LogP contribution in [0.2, 0.25) is 0 Å². The first-order valence-electron chi connectivity index (χ1n) is 6.71. The Morgan fingerprint density at radius 1 is 1.24 bits per heavy atom. The molecule has 1 saturated carbocycles. The smallest absolute Gasteiger partial charge is 0.127 e. The Morgan fingerprint density at radius 3 is 2.71 bits per heavy atom. The molecule has 0 heterocycles. The van der Waals surface area contributed by atoms with E-state index in [0.29, 0.717) is 6.54 Å². The van der Waals surface area contributed by atoms with E-state index in [9.17, 15) is 4.39 Å². The fourth-order valence-electron chi connectivity index (χ4n) is 2.60. The SMILES string of the molecule is Cc1ccc(CNCC2CCCCC2)c(F)c1. The summed E-state index contributed by atoms with van der Waals surface area (Å²) in [5, 5.41) is 3.39. The summed E-state index contributed by atoms with van der Waals surface area (Å²) in [6.07, 6.45) is 6.80. The predicted octanol–water partition coefficient (Wildman–Crippen LogP) is 3.80. The van der Waals surface area contributed by atoms with Gasteiger partial charge in [-0.05, 0) is 43.9 Å². The molecular formula is C15H22FN. The van der Waals surface area contributed by atoms with Crippen molar-refractivity contribution >= 4 is 0 Å². The zero-order valence-electron chi connectivity index (χ0n) is 10.6. The molecule has 0 saturated heterocycles. The molecule has 1 aromatic carbocycles. The Balaban J connectivity index is 1.77. The van der Waals surface area contributed by atoms with Crippen LogP contribution in [0.1, 0.15) is 43.2 Å². The van der Waals surface area contributed by atoms with Gasteiger partial charge in [-0.3, -0.25) is 0 Å².